The fourth-order valence-electron chi connectivity index (χ4n) is 6.90. The number of furan rings is 1. The van der Waals surface area contributed by atoms with Gasteiger partial charge in [0.2, 0.25) is 5.69 Å². The molecule has 0 fully saturated rings. The van der Waals surface area contributed by atoms with Crippen molar-refractivity contribution in [1.82, 2.24) is 0 Å². The number of rotatable bonds is 5. The molecule has 2 heterocycles. The molecule has 2 aromatic heterocycles. The Kier molecular flexibility index (Phi) is 5.33. The van der Waals surface area contributed by atoms with E-state index in [2.05, 4.69) is 119 Å². The van der Waals surface area contributed by atoms with Gasteiger partial charge in [0.1, 0.15) is 18.2 Å². The molecule has 1 aliphatic rings. The van der Waals surface area contributed by atoms with Gasteiger partial charge < -0.3 is 4.42 Å². The molecule has 36 heavy (non-hydrogen) atoms. The molecule has 0 unspecified atom stereocenters. The van der Waals surface area contributed by atoms with Gasteiger partial charge in [0.05, 0.1) is 5.56 Å². The summed E-state index contributed by atoms with van der Waals surface area (Å²) in [7, 11) is 2.11. The predicted molar refractivity (Wildman–Crippen MR) is 150 cm³/mol. The Morgan fingerprint density at radius 2 is 1.50 bits per heavy atom. The number of aromatic nitrogens is 1. The van der Waals surface area contributed by atoms with E-state index in [4.69, 9.17) is 4.42 Å². The van der Waals surface area contributed by atoms with Crippen molar-refractivity contribution in [3.05, 3.63) is 89.6 Å². The van der Waals surface area contributed by atoms with Crippen molar-refractivity contribution in [2.45, 2.75) is 52.9 Å². The van der Waals surface area contributed by atoms with Crippen LogP contribution >= 0.6 is 0 Å². The molecule has 0 spiro atoms. The Labute approximate surface area is 214 Å². The molecule has 3 aromatic carbocycles. The van der Waals surface area contributed by atoms with Crippen LogP contribution in [0.3, 0.4) is 0 Å². The van der Waals surface area contributed by atoms with Crippen LogP contribution in [0.4, 0.5) is 0 Å². The minimum absolute atomic E-state index is 0.0332. The van der Waals surface area contributed by atoms with Crippen molar-refractivity contribution in [3.63, 3.8) is 0 Å². The lowest BCUT2D eigenvalue weighted by Crippen LogP contribution is -2.30. The van der Waals surface area contributed by atoms with E-state index in [1.54, 1.807) is 0 Å². The molecule has 1 aliphatic carbocycles. The first kappa shape index (κ1) is 23.0. The van der Waals surface area contributed by atoms with E-state index in [1.807, 2.05) is 0 Å². The van der Waals surface area contributed by atoms with Gasteiger partial charge >= 0.3 is 0 Å². The van der Waals surface area contributed by atoms with Crippen LogP contribution in [0.2, 0.25) is 0 Å². The molecule has 5 aromatic rings. The molecular formula is C34H36NO+. The molecule has 0 saturated heterocycles. The minimum Gasteiger partial charge on any atom is -0.455 e. The van der Waals surface area contributed by atoms with Gasteiger partial charge in [0, 0.05) is 28.3 Å². The van der Waals surface area contributed by atoms with E-state index in [9.17, 15) is 0 Å². The van der Waals surface area contributed by atoms with E-state index < -0.39 is 0 Å². The summed E-state index contributed by atoms with van der Waals surface area (Å²) in [6.07, 6.45) is 4.41. The van der Waals surface area contributed by atoms with Crippen LogP contribution < -0.4 is 4.57 Å². The lowest BCUT2D eigenvalue weighted by atomic mass is 9.68. The highest BCUT2D eigenvalue weighted by molar-refractivity contribution is 6.11. The molecule has 0 bridgehead atoms. The molecule has 2 heteroatoms. The lowest BCUT2D eigenvalue weighted by Gasteiger charge is -2.35. The summed E-state index contributed by atoms with van der Waals surface area (Å²) in [4.78, 5) is 0. The van der Waals surface area contributed by atoms with Crippen LogP contribution in [0.5, 0.6) is 0 Å². The third-order valence-corrected chi connectivity index (χ3v) is 8.06. The van der Waals surface area contributed by atoms with Gasteiger partial charge in [-0.25, -0.2) is 4.57 Å². The highest BCUT2D eigenvalue weighted by Gasteiger charge is 2.44. The zero-order chi connectivity index (χ0) is 25.2. The quantitative estimate of drug-likeness (QED) is 0.233. The minimum atomic E-state index is 0.0332. The Balaban J connectivity index is 1.69. The monoisotopic (exact) mass is 474 g/mol. The summed E-state index contributed by atoms with van der Waals surface area (Å²) in [5.41, 5.74) is 11.3. The van der Waals surface area contributed by atoms with Crippen LogP contribution in [0, 0.1) is 18.8 Å². The van der Waals surface area contributed by atoms with Crippen molar-refractivity contribution in [2.24, 2.45) is 18.9 Å². The van der Waals surface area contributed by atoms with Crippen molar-refractivity contribution >= 4 is 21.9 Å². The number of hydrogen-bond acceptors (Lipinski definition) is 1. The summed E-state index contributed by atoms with van der Waals surface area (Å²) in [6.45, 7) is 11.6. The second-order valence-electron chi connectivity index (χ2n) is 11.7. The third-order valence-electron chi connectivity index (χ3n) is 8.06. The van der Waals surface area contributed by atoms with Gasteiger partial charge in [0.15, 0.2) is 6.20 Å². The zero-order valence-electron chi connectivity index (χ0n) is 22.4. The smallest absolute Gasteiger partial charge is 0.216 e. The van der Waals surface area contributed by atoms with Gasteiger partial charge in [-0.3, -0.25) is 0 Å². The Morgan fingerprint density at radius 3 is 2.22 bits per heavy atom. The van der Waals surface area contributed by atoms with Crippen molar-refractivity contribution < 1.29 is 8.98 Å². The largest absolute Gasteiger partial charge is 0.455 e. The molecule has 6 rings (SSSR count). The number of hydrogen-bond donors (Lipinski definition) is 0. The highest BCUT2D eigenvalue weighted by atomic mass is 16.3. The molecule has 2 nitrogen and oxygen atoms in total. The lowest BCUT2D eigenvalue weighted by molar-refractivity contribution is -0.660. The molecule has 0 saturated carbocycles. The fraction of sp³-hybridized carbons (Fsp3) is 0.324. The summed E-state index contributed by atoms with van der Waals surface area (Å²) >= 11 is 0. The normalized spacial score (nSPS) is 14.2. The topological polar surface area (TPSA) is 17.0 Å². The zero-order valence-corrected chi connectivity index (χ0v) is 22.4. The first-order chi connectivity index (χ1) is 17.3. The first-order valence-corrected chi connectivity index (χ1v) is 13.4. The summed E-state index contributed by atoms with van der Waals surface area (Å²) in [5, 5.41) is 2.43. The second-order valence-corrected chi connectivity index (χ2v) is 11.7. The van der Waals surface area contributed by atoms with E-state index in [0.29, 0.717) is 11.8 Å². The van der Waals surface area contributed by atoms with Crippen molar-refractivity contribution in [1.29, 1.82) is 0 Å². The molecular weight excluding hydrogens is 438 g/mol. The molecule has 0 aliphatic heterocycles. The Morgan fingerprint density at radius 1 is 0.778 bits per heavy atom. The maximum Gasteiger partial charge on any atom is 0.216 e. The van der Waals surface area contributed by atoms with E-state index in [1.165, 1.54) is 49.8 Å². The fourth-order valence-corrected chi connectivity index (χ4v) is 6.90. The van der Waals surface area contributed by atoms with Crippen molar-refractivity contribution in [3.8, 4) is 22.4 Å². The summed E-state index contributed by atoms with van der Waals surface area (Å²) in [5.74, 6) is 1.21. The third kappa shape index (κ3) is 3.34. The van der Waals surface area contributed by atoms with Crippen LogP contribution in [0.1, 0.15) is 57.2 Å². The van der Waals surface area contributed by atoms with Crippen LogP contribution in [-0.2, 0) is 12.5 Å². The van der Waals surface area contributed by atoms with E-state index in [-0.39, 0.29) is 5.41 Å². The van der Waals surface area contributed by atoms with Crippen LogP contribution in [0.25, 0.3) is 44.3 Å². The van der Waals surface area contributed by atoms with Crippen LogP contribution in [-0.4, -0.2) is 0 Å². The number of nitrogens with zero attached hydrogens (tertiary/aromatic N) is 1. The number of aryl methyl sites for hydroxylation is 2. The SMILES string of the molecule is Cc1ccc2c(oc3cc4c(cc32)C(CC(C)C)(CC(C)C)c2ccccc2-4)c1-c1cccc[n+]1C. The second kappa shape index (κ2) is 8.34. The van der Waals surface area contributed by atoms with Gasteiger partial charge in [0.25, 0.3) is 0 Å². The molecule has 0 radical (unpaired) electrons. The van der Waals surface area contributed by atoms with E-state index >= 15 is 0 Å². The Bertz CT molecular complexity index is 1610. The average molecular weight is 475 g/mol. The maximum atomic E-state index is 6.73. The molecule has 0 N–H and O–H groups in total. The van der Waals surface area contributed by atoms with Gasteiger partial charge in [-0.05, 0) is 77.6 Å². The number of pyridine rings is 1. The molecule has 182 valence electrons. The number of benzene rings is 3. The number of fused-ring (bicyclic) bond motifs is 6. The highest BCUT2D eigenvalue weighted by Crippen LogP contribution is 2.56. The predicted octanol–water partition coefficient (Wildman–Crippen LogP) is 8.74. The van der Waals surface area contributed by atoms with Gasteiger partial charge in [-0.15, -0.1) is 0 Å². The average Bonchev–Trinajstić information content (AvgIpc) is 3.31. The Hall–Kier alpha value is -3.39. The maximum absolute atomic E-state index is 6.73. The summed E-state index contributed by atoms with van der Waals surface area (Å²) in [6, 6.07) is 24.7. The standard InChI is InChI=1S/C34H36NO/c1-21(2)19-34(20-22(3)4)28-12-8-7-11-24(28)26-18-31-27(17-29(26)34)25-15-14-23(5)32(33(25)36-31)30-13-9-10-16-35(30)6/h7-18,21-22H,19-20H2,1-6H3/q+1. The van der Waals surface area contributed by atoms with Gasteiger partial charge in [-0.2, -0.15) is 0 Å². The summed E-state index contributed by atoms with van der Waals surface area (Å²) < 4.78 is 8.91. The van der Waals surface area contributed by atoms with E-state index in [0.717, 1.165) is 24.0 Å². The van der Waals surface area contributed by atoms with Crippen molar-refractivity contribution in [2.75, 3.05) is 0 Å². The molecule has 0 atom stereocenters. The molecule has 0 amide bonds. The first-order valence-electron chi connectivity index (χ1n) is 13.4. The van der Waals surface area contributed by atoms with Crippen LogP contribution in [0.15, 0.2) is 77.3 Å². The van der Waals surface area contributed by atoms with Gasteiger partial charge in [-0.1, -0.05) is 64.1 Å².